The van der Waals surface area contributed by atoms with Gasteiger partial charge in [0.2, 0.25) is 5.91 Å². The second-order valence-electron chi connectivity index (χ2n) is 7.80. The Labute approximate surface area is 164 Å². The molecule has 1 aromatic heterocycles. The Morgan fingerprint density at radius 3 is 2.38 bits per heavy atom. The number of hydrogen-bond donors (Lipinski definition) is 2. The summed E-state index contributed by atoms with van der Waals surface area (Å²) in [6.45, 7) is 0. The van der Waals surface area contributed by atoms with Gasteiger partial charge in [0.25, 0.3) is 5.56 Å². The van der Waals surface area contributed by atoms with Crippen LogP contribution in [0.1, 0.15) is 66.3 Å². The van der Waals surface area contributed by atoms with Crippen molar-refractivity contribution in [3.63, 3.8) is 0 Å². The van der Waals surface area contributed by atoms with Crippen molar-refractivity contribution in [3.05, 3.63) is 68.9 Å². The van der Waals surface area contributed by atoms with Crippen LogP contribution in [0.3, 0.4) is 0 Å². The van der Waals surface area contributed by atoms with Gasteiger partial charge in [0, 0.05) is 29.6 Å². The van der Waals surface area contributed by atoms with Crippen LogP contribution in [-0.2, 0) is 11.0 Å². The molecule has 0 bridgehead atoms. The normalized spacial score (nSPS) is 20.6. The third-order valence-corrected chi connectivity index (χ3v) is 5.66. The van der Waals surface area contributed by atoms with Crippen LogP contribution in [0.4, 0.5) is 17.6 Å². The Hall–Kier alpha value is -2.64. The van der Waals surface area contributed by atoms with E-state index in [-0.39, 0.29) is 35.4 Å². The summed E-state index contributed by atoms with van der Waals surface area (Å²) in [7, 11) is 0. The fraction of sp³-hybridized carbons (Fsp3) is 0.429. The van der Waals surface area contributed by atoms with Gasteiger partial charge in [-0.05, 0) is 55.4 Å². The number of pyridine rings is 1. The highest BCUT2D eigenvalue weighted by Gasteiger charge is 2.33. The van der Waals surface area contributed by atoms with Gasteiger partial charge in [0.1, 0.15) is 5.82 Å². The molecule has 2 aliphatic rings. The number of alkyl halides is 3. The van der Waals surface area contributed by atoms with E-state index in [9.17, 15) is 27.2 Å². The Morgan fingerprint density at radius 2 is 1.83 bits per heavy atom. The summed E-state index contributed by atoms with van der Waals surface area (Å²) in [6.07, 6.45) is -1.55. The molecule has 1 saturated carbocycles. The molecule has 1 aliphatic carbocycles. The standard InChI is InChI=1S/C21H20F4N2O2/c22-17-9-12(21(23,24)25)3-5-15(17)16(10-13-4-8-19(28)26-13)18-7-6-14(11-1-2-11)20(29)27-18/h3,5-7,9,11,13,16H,1-2,4,8,10H2,(H,26,28)(H,27,29)/t13-,16?/m1/s1. The van der Waals surface area contributed by atoms with Gasteiger partial charge in [0.15, 0.2) is 0 Å². The maximum absolute atomic E-state index is 14.7. The topological polar surface area (TPSA) is 62.0 Å². The zero-order chi connectivity index (χ0) is 20.8. The van der Waals surface area contributed by atoms with E-state index in [0.29, 0.717) is 30.2 Å². The molecule has 1 saturated heterocycles. The molecule has 8 heteroatoms. The Balaban J connectivity index is 1.71. The van der Waals surface area contributed by atoms with E-state index < -0.39 is 23.5 Å². The first-order valence-electron chi connectivity index (χ1n) is 9.61. The number of H-pyrrole nitrogens is 1. The van der Waals surface area contributed by atoms with Crippen LogP contribution in [0.25, 0.3) is 0 Å². The Bertz CT molecular complexity index is 995. The predicted molar refractivity (Wildman–Crippen MR) is 98.1 cm³/mol. The van der Waals surface area contributed by atoms with Crippen molar-refractivity contribution in [1.82, 2.24) is 10.3 Å². The highest BCUT2D eigenvalue weighted by atomic mass is 19.4. The Morgan fingerprint density at radius 1 is 1.07 bits per heavy atom. The first-order chi connectivity index (χ1) is 13.7. The zero-order valence-electron chi connectivity index (χ0n) is 15.5. The third-order valence-electron chi connectivity index (χ3n) is 5.66. The summed E-state index contributed by atoms with van der Waals surface area (Å²) >= 11 is 0. The van der Waals surface area contributed by atoms with Crippen LogP contribution in [0.2, 0.25) is 0 Å². The van der Waals surface area contributed by atoms with Crippen LogP contribution in [-0.4, -0.2) is 16.9 Å². The number of carbonyl (C=O) groups excluding carboxylic acids is 1. The number of aromatic nitrogens is 1. The summed E-state index contributed by atoms with van der Waals surface area (Å²) in [5, 5.41) is 2.80. The van der Waals surface area contributed by atoms with Crippen LogP contribution in [0, 0.1) is 5.82 Å². The second kappa shape index (κ2) is 7.31. The third kappa shape index (κ3) is 4.21. The van der Waals surface area contributed by atoms with Crippen molar-refractivity contribution in [2.45, 2.75) is 56.2 Å². The summed E-state index contributed by atoms with van der Waals surface area (Å²) in [5.74, 6) is -1.54. The van der Waals surface area contributed by atoms with E-state index in [1.165, 1.54) is 0 Å². The van der Waals surface area contributed by atoms with E-state index in [1.807, 2.05) is 0 Å². The lowest BCUT2D eigenvalue weighted by Gasteiger charge is -2.23. The average Bonchev–Trinajstić information content (AvgIpc) is 3.41. The number of aromatic amines is 1. The molecule has 2 atom stereocenters. The monoisotopic (exact) mass is 408 g/mol. The molecule has 4 rings (SSSR count). The van der Waals surface area contributed by atoms with Crippen molar-refractivity contribution < 1.29 is 22.4 Å². The molecule has 154 valence electrons. The first kappa shape index (κ1) is 19.7. The van der Waals surface area contributed by atoms with E-state index in [2.05, 4.69) is 10.3 Å². The van der Waals surface area contributed by atoms with E-state index >= 15 is 0 Å². The summed E-state index contributed by atoms with van der Waals surface area (Å²) in [4.78, 5) is 26.8. The SMILES string of the molecule is O=C1CC[C@H](CC(c2ccc(C3CC3)c(=O)[nH]2)c2ccc(C(F)(F)F)cc2F)N1. The summed E-state index contributed by atoms with van der Waals surface area (Å²) < 4.78 is 53.4. The number of nitrogens with one attached hydrogen (secondary N) is 2. The highest BCUT2D eigenvalue weighted by Crippen LogP contribution is 2.39. The number of carbonyl (C=O) groups is 1. The zero-order valence-corrected chi connectivity index (χ0v) is 15.5. The minimum Gasteiger partial charge on any atom is -0.353 e. The number of benzene rings is 1. The minimum atomic E-state index is -4.64. The maximum atomic E-state index is 14.7. The fourth-order valence-corrected chi connectivity index (χ4v) is 3.97. The molecule has 29 heavy (non-hydrogen) atoms. The van der Waals surface area contributed by atoms with Gasteiger partial charge in [-0.3, -0.25) is 9.59 Å². The van der Waals surface area contributed by atoms with Crippen LogP contribution in [0.15, 0.2) is 35.1 Å². The van der Waals surface area contributed by atoms with Crippen LogP contribution >= 0.6 is 0 Å². The Kier molecular flexibility index (Phi) is 4.96. The van der Waals surface area contributed by atoms with Gasteiger partial charge in [-0.25, -0.2) is 4.39 Å². The van der Waals surface area contributed by atoms with Crippen LogP contribution < -0.4 is 10.9 Å². The molecule has 1 amide bonds. The lowest BCUT2D eigenvalue weighted by Crippen LogP contribution is -2.28. The highest BCUT2D eigenvalue weighted by molar-refractivity contribution is 5.78. The number of amides is 1. The quantitative estimate of drug-likeness (QED) is 0.728. The summed E-state index contributed by atoms with van der Waals surface area (Å²) in [5.41, 5.74) is -0.148. The molecule has 4 nitrogen and oxygen atoms in total. The number of halogens is 4. The molecule has 1 aliphatic heterocycles. The van der Waals surface area contributed by atoms with Crippen molar-refractivity contribution >= 4 is 5.91 Å². The summed E-state index contributed by atoms with van der Waals surface area (Å²) in [6, 6.07) is 5.62. The largest absolute Gasteiger partial charge is 0.416 e. The lowest BCUT2D eigenvalue weighted by atomic mass is 9.87. The van der Waals surface area contributed by atoms with Crippen molar-refractivity contribution in [3.8, 4) is 0 Å². The van der Waals surface area contributed by atoms with Crippen LogP contribution in [0.5, 0.6) is 0 Å². The molecule has 2 fully saturated rings. The average molecular weight is 408 g/mol. The van der Waals surface area contributed by atoms with E-state index in [1.54, 1.807) is 12.1 Å². The number of rotatable bonds is 5. The molecule has 2 aromatic rings. The van der Waals surface area contributed by atoms with Gasteiger partial charge < -0.3 is 10.3 Å². The van der Waals surface area contributed by atoms with Gasteiger partial charge in [0.05, 0.1) is 5.56 Å². The smallest absolute Gasteiger partial charge is 0.353 e. The minimum absolute atomic E-state index is 0.0639. The molecule has 0 radical (unpaired) electrons. The molecule has 2 heterocycles. The van der Waals surface area contributed by atoms with Crippen molar-refractivity contribution in [1.29, 1.82) is 0 Å². The number of hydrogen-bond acceptors (Lipinski definition) is 2. The molecular weight excluding hydrogens is 388 g/mol. The van der Waals surface area contributed by atoms with E-state index in [0.717, 1.165) is 25.0 Å². The van der Waals surface area contributed by atoms with Gasteiger partial charge in [-0.15, -0.1) is 0 Å². The molecular formula is C21H20F4N2O2. The van der Waals surface area contributed by atoms with Gasteiger partial charge >= 0.3 is 6.18 Å². The van der Waals surface area contributed by atoms with Crippen molar-refractivity contribution in [2.75, 3.05) is 0 Å². The van der Waals surface area contributed by atoms with Gasteiger partial charge in [-0.1, -0.05) is 12.1 Å². The fourth-order valence-electron chi connectivity index (χ4n) is 3.97. The molecule has 1 unspecified atom stereocenters. The van der Waals surface area contributed by atoms with Crippen molar-refractivity contribution in [2.24, 2.45) is 0 Å². The molecule has 2 N–H and O–H groups in total. The lowest BCUT2D eigenvalue weighted by molar-refractivity contribution is -0.137. The molecule has 1 aromatic carbocycles. The van der Waals surface area contributed by atoms with E-state index in [4.69, 9.17) is 0 Å². The predicted octanol–water partition coefficient (Wildman–Crippen LogP) is 4.21. The first-order valence-corrected chi connectivity index (χ1v) is 9.61. The maximum Gasteiger partial charge on any atom is 0.416 e. The van der Waals surface area contributed by atoms with Gasteiger partial charge in [-0.2, -0.15) is 13.2 Å². The second-order valence-corrected chi connectivity index (χ2v) is 7.80. The molecule has 0 spiro atoms.